The molecule has 3 aliphatic heterocycles. The summed E-state index contributed by atoms with van der Waals surface area (Å²) in [5.74, 6) is -2.24. The highest BCUT2D eigenvalue weighted by atomic mass is 16.5. The first-order chi connectivity index (χ1) is 15.8. The minimum absolute atomic E-state index is 0.195. The second kappa shape index (κ2) is 9.43. The van der Waals surface area contributed by atoms with Crippen LogP contribution >= 0.6 is 0 Å². The minimum atomic E-state index is -1.36. The Morgan fingerprint density at radius 3 is 2.61 bits per heavy atom. The summed E-state index contributed by atoms with van der Waals surface area (Å²) in [5.41, 5.74) is 0.839. The van der Waals surface area contributed by atoms with E-state index in [1.165, 1.54) is 20.0 Å². The van der Waals surface area contributed by atoms with E-state index in [1.807, 2.05) is 0 Å². The monoisotopic (exact) mass is 458 g/mol. The van der Waals surface area contributed by atoms with Gasteiger partial charge in [0, 0.05) is 18.2 Å². The van der Waals surface area contributed by atoms with Gasteiger partial charge in [-0.15, -0.1) is 0 Å². The van der Waals surface area contributed by atoms with Crippen LogP contribution in [0.15, 0.2) is 23.8 Å². The van der Waals surface area contributed by atoms with Crippen molar-refractivity contribution >= 4 is 17.8 Å². The van der Waals surface area contributed by atoms with E-state index in [1.54, 1.807) is 12.1 Å². The molecule has 9 nitrogen and oxygen atoms in total. The van der Waals surface area contributed by atoms with Crippen LogP contribution in [0.25, 0.3) is 0 Å². The Hall–Kier alpha value is -3.07. The highest BCUT2D eigenvalue weighted by Crippen LogP contribution is 2.41. The largest absolute Gasteiger partial charge is 0.497 e. The van der Waals surface area contributed by atoms with Crippen molar-refractivity contribution in [2.75, 3.05) is 26.7 Å². The van der Waals surface area contributed by atoms with E-state index in [4.69, 9.17) is 14.6 Å². The molecule has 0 spiro atoms. The lowest BCUT2D eigenvalue weighted by molar-refractivity contribution is -0.136. The quantitative estimate of drug-likeness (QED) is 0.507. The lowest BCUT2D eigenvalue weighted by atomic mass is 9.90. The van der Waals surface area contributed by atoms with Crippen LogP contribution in [0.5, 0.6) is 11.5 Å². The SMILES string of the molecule is COc1cc2c(c(C(=O)NCCC34CCCN3CCC4)c1)OC(/C(=C/C(=O)O)C(=O)O)CC2. The van der Waals surface area contributed by atoms with Gasteiger partial charge < -0.3 is 25.0 Å². The zero-order chi connectivity index (χ0) is 23.6. The number of methoxy groups -OCH3 is 1. The zero-order valence-electron chi connectivity index (χ0n) is 18.8. The summed E-state index contributed by atoms with van der Waals surface area (Å²) in [6.07, 6.45) is 6.01. The molecular formula is C24H30N2O7. The maximum absolute atomic E-state index is 13.2. The molecule has 0 bridgehead atoms. The molecular weight excluding hydrogens is 428 g/mol. The Labute approximate surface area is 192 Å². The molecule has 1 atom stereocenters. The van der Waals surface area contributed by atoms with Crippen molar-refractivity contribution in [2.45, 2.75) is 56.6 Å². The van der Waals surface area contributed by atoms with E-state index in [-0.39, 0.29) is 34.8 Å². The number of benzene rings is 1. The number of carboxylic acid groups (broad SMARTS) is 2. The highest BCUT2D eigenvalue weighted by Gasteiger charge is 2.43. The molecule has 2 saturated heterocycles. The van der Waals surface area contributed by atoms with Crippen LogP contribution in [-0.4, -0.2) is 71.3 Å². The highest BCUT2D eigenvalue weighted by molar-refractivity contribution is 5.98. The van der Waals surface area contributed by atoms with Gasteiger partial charge in [0.2, 0.25) is 0 Å². The van der Waals surface area contributed by atoms with Crippen molar-refractivity contribution in [2.24, 2.45) is 0 Å². The van der Waals surface area contributed by atoms with Crippen LogP contribution < -0.4 is 14.8 Å². The van der Waals surface area contributed by atoms with Gasteiger partial charge in [-0.3, -0.25) is 9.69 Å². The van der Waals surface area contributed by atoms with E-state index in [0.29, 0.717) is 24.8 Å². The van der Waals surface area contributed by atoms with E-state index in [0.717, 1.165) is 37.9 Å². The fourth-order valence-corrected chi connectivity index (χ4v) is 5.54. The Balaban J connectivity index is 1.53. The van der Waals surface area contributed by atoms with Crippen molar-refractivity contribution in [3.8, 4) is 11.5 Å². The summed E-state index contributed by atoms with van der Waals surface area (Å²) >= 11 is 0. The van der Waals surface area contributed by atoms with Crippen molar-refractivity contribution in [1.82, 2.24) is 10.2 Å². The maximum atomic E-state index is 13.2. The van der Waals surface area contributed by atoms with Gasteiger partial charge in [0.15, 0.2) is 0 Å². The standard InChI is InChI=1S/C24H30N2O7/c1-32-16-12-15-4-5-19(17(23(30)31)14-20(27)28)33-21(15)18(13-16)22(29)25-9-8-24-6-2-10-26(24)11-3-7-24/h12-14,19H,2-11H2,1H3,(H,25,29)(H,27,28)(H,30,31)/b17-14-. The number of fused-ring (bicyclic) bond motifs is 2. The van der Waals surface area contributed by atoms with Crippen LogP contribution in [0.2, 0.25) is 0 Å². The summed E-state index contributed by atoms with van der Waals surface area (Å²) in [6, 6.07) is 3.34. The Kier molecular flexibility index (Phi) is 6.60. The average Bonchev–Trinajstić information content (AvgIpc) is 3.36. The molecule has 3 N–H and O–H groups in total. The summed E-state index contributed by atoms with van der Waals surface area (Å²) in [7, 11) is 1.52. The van der Waals surface area contributed by atoms with Gasteiger partial charge in [-0.25, -0.2) is 9.59 Å². The van der Waals surface area contributed by atoms with Crippen LogP contribution in [-0.2, 0) is 16.0 Å². The molecule has 9 heteroatoms. The van der Waals surface area contributed by atoms with Crippen LogP contribution in [0.1, 0.15) is 54.4 Å². The molecule has 3 aliphatic rings. The number of amides is 1. The Bertz CT molecular complexity index is 977. The second-order valence-electron chi connectivity index (χ2n) is 8.98. The number of carbonyl (C=O) groups is 3. The molecule has 2 fully saturated rings. The summed E-state index contributed by atoms with van der Waals surface area (Å²) in [4.78, 5) is 38.4. The molecule has 0 aliphatic carbocycles. The number of aryl methyl sites for hydroxylation is 1. The third-order valence-electron chi connectivity index (χ3n) is 7.12. The molecule has 0 saturated carbocycles. The predicted octanol–water partition coefficient (Wildman–Crippen LogP) is 2.23. The lowest BCUT2D eigenvalue weighted by Gasteiger charge is -2.32. The number of nitrogens with one attached hydrogen (secondary N) is 1. The second-order valence-corrected chi connectivity index (χ2v) is 8.98. The van der Waals surface area contributed by atoms with E-state index in [9.17, 15) is 19.5 Å². The lowest BCUT2D eigenvalue weighted by Crippen LogP contribution is -2.41. The molecule has 3 heterocycles. The third-order valence-corrected chi connectivity index (χ3v) is 7.12. The van der Waals surface area contributed by atoms with E-state index < -0.39 is 18.0 Å². The molecule has 1 amide bonds. The van der Waals surface area contributed by atoms with Gasteiger partial charge in [-0.05, 0) is 75.7 Å². The van der Waals surface area contributed by atoms with Crippen molar-refractivity contribution in [3.05, 3.63) is 34.9 Å². The van der Waals surface area contributed by atoms with Crippen molar-refractivity contribution in [3.63, 3.8) is 0 Å². The molecule has 33 heavy (non-hydrogen) atoms. The van der Waals surface area contributed by atoms with E-state index >= 15 is 0 Å². The summed E-state index contributed by atoms with van der Waals surface area (Å²) in [5, 5.41) is 21.5. The van der Waals surface area contributed by atoms with Crippen LogP contribution in [0.3, 0.4) is 0 Å². The Morgan fingerprint density at radius 2 is 1.97 bits per heavy atom. The van der Waals surface area contributed by atoms with Gasteiger partial charge in [-0.1, -0.05) is 0 Å². The van der Waals surface area contributed by atoms with Crippen molar-refractivity contribution in [1.29, 1.82) is 0 Å². The number of ether oxygens (including phenoxy) is 2. The molecule has 4 rings (SSSR count). The predicted molar refractivity (Wildman–Crippen MR) is 119 cm³/mol. The summed E-state index contributed by atoms with van der Waals surface area (Å²) < 4.78 is 11.3. The smallest absolute Gasteiger partial charge is 0.335 e. The first-order valence-corrected chi connectivity index (χ1v) is 11.4. The normalized spacial score (nSPS) is 21.6. The number of carbonyl (C=O) groups excluding carboxylic acids is 1. The molecule has 1 aromatic rings. The number of carboxylic acids is 2. The van der Waals surface area contributed by atoms with Crippen LogP contribution in [0.4, 0.5) is 0 Å². The number of hydrogen-bond acceptors (Lipinski definition) is 6. The average molecular weight is 459 g/mol. The summed E-state index contributed by atoms with van der Waals surface area (Å²) in [6.45, 7) is 2.79. The number of hydrogen-bond donors (Lipinski definition) is 3. The minimum Gasteiger partial charge on any atom is -0.497 e. The van der Waals surface area contributed by atoms with Gasteiger partial charge in [0.25, 0.3) is 5.91 Å². The fraction of sp³-hybridized carbons (Fsp3) is 0.542. The third kappa shape index (κ3) is 4.68. The number of nitrogens with zero attached hydrogens (tertiary/aromatic N) is 1. The molecule has 178 valence electrons. The van der Waals surface area contributed by atoms with Gasteiger partial charge in [0.1, 0.15) is 17.6 Å². The molecule has 1 unspecified atom stereocenters. The maximum Gasteiger partial charge on any atom is 0.335 e. The first-order valence-electron chi connectivity index (χ1n) is 11.4. The Morgan fingerprint density at radius 1 is 1.24 bits per heavy atom. The van der Waals surface area contributed by atoms with Gasteiger partial charge in [-0.2, -0.15) is 0 Å². The van der Waals surface area contributed by atoms with Crippen LogP contribution in [0, 0.1) is 0 Å². The number of aliphatic carboxylic acids is 2. The number of rotatable bonds is 8. The first kappa shape index (κ1) is 23.1. The van der Waals surface area contributed by atoms with Gasteiger partial charge in [0.05, 0.1) is 18.2 Å². The van der Waals surface area contributed by atoms with Crippen molar-refractivity contribution < 1.29 is 34.1 Å². The molecule has 0 aromatic heterocycles. The fourth-order valence-electron chi connectivity index (χ4n) is 5.54. The van der Waals surface area contributed by atoms with E-state index in [2.05, 4.69) is 10.2 Å². The molecule has 1 aromatic carbocycles. The zero-order valence-corrected chi connectivity index (χ0v) is 18.8. The topological polar surface area (TPSA) is 125 Å². The van der Waals surface area contributed by atoms with Gasteiger partial charge >= 0.3 is 11.9 Å². The molecule has 0 radical (unpaired) electrons.